The fraction of sp³-hybridized carbons (Fsp3) is 0.625. The molecule has 0 aromatic carbocycles. The molecule has 0 spiro atoms. The van der Waals surface area contributed by atoms with Gasteiger partial charge < -0.3 is 136 Å². The lowest BCUT2D eigenvalue weighted by atomic mass is 10.0. The van der Waals surface area contributed by atoms with Gasteiger partial charge in [-0.05, 0) is 77.0 Å². The Kier molecular flexibility index (Phi) is 47.1. The van der Waals surface area contributed by atoms with Crippen molar-refractivity contribution in [1.82, 2.24) is 79.8 Å². The molecule has 0 aromatic rings. The van der Waals surface area contributed by atoms with Crippen LogP contribution in [0.1, 0.15) is 154 Å². The summed E-state index contributed by atoms with van der Waals surface area (Å²) in [4.78, 5) is 314. The summed E-state index contributed by atoms with van der Waals surface area (Å²) in [6.07, 6.45) is -14.4. The van der Waals surface area contributed by atoms with Crippen molar-refractivity contribution in [2.45, 2.75) is 227 Å². The van der Waals surface area contributed by atoms with Gasteiger partial charge in [-0.1, -0.05) is 0 Å². The lowest BCUT2D eigenvalue weighted by Crippen LogP contribution is -2.61. The minimum Gasteiger partial charge on any atom is -0.480 e. The van der Waals surface area contributed by atoms with Crippen LogP contribution in [-0.2, 0) is 115 Å². The molecule has 113 heavy (non-hydrogen) atoms. The molecule has 23 amide bonds. The molecule has 0 aromatic heterocycles. The van der Waals surface area contributed by atoms with Crippen LogP contribution < -0.4 is 131 Å². The third-order valence-corrected chi connectivity index (χ3v) is 16.5. The highest BCUT2D eigenvalue weighted by molar-refractivity contribution is 6.01. The van der Waals surface area contributed by atoms with Gasteiger partial charge >= 0.3 is 5.97 Å². The Hall–Kier alpha value is -12.8. The zero-order valence-electron chi connectivity index (χ0n) is 62.8. The van der Waals surface area contributed by atoms with E-state index in [4.69, 9.17) is 51.6 Å². The van der Waals surface area contributed by atoms with E-state index in [9.17, 15) is 120 Å². The molecule has 0 radical (unpaired) electrons. The summed E-state index contributed by atoms with van der Waals surface area (Å²) >= 11 is 0. The SMILES string of the molecule is CNC(=O)CCC(NC(=O)C(CCC(N)=O)NC(=O)C(CCC(N)=O)NC(=O)C(CCC(=O)NC)NC(=O)C(CCC(N)=O)NC(=O)C(CCC(N)=O)NC(=O)C(CCC(=O)NC)NC(=O)C(CCC(N)=O)NC(=O)C(CCC(N)=O)NC(=O)C(CCC(=O)NC)NC(=O)C(CCC(N)=O)NC(=O)C(N)CCC(N)=O)C(=O)O. The smallest absolute Gasteiger partial charge is 0.326 e. The average Bonchev–Trinajstić information content (AvgIpc) is 0.857. The average molecular weight is 1610 g/mol. The summed E-state index contributed by atoms with van der Waals surface area (Å²) in [6, 6.07) is -22.2. The molecular formula is C64H106N24O25. The number of carbonyl (C=O) groups excluding carboxylic acids is 23. The Morgan fingerprint density at radius 3 is 0.469 bits per heavy atom. The number of primary amides is 8. The van der Waals surface area contributed by atoms with Crippen LogP contribution in [0.5, 0.6) is 0 Å². The van der Waals surface area contributed by atoms with Gasteiger partial charge in [0.2, 0.25) is 136 Å². The minimum atomic E-state index is -2.01. The van der Waals surface area contributed by atoms with Crippen molar-refractivity contribution in [3.63, 3.8) is 0 Å². The third kappa shape index (κ3) is 43.3. The van der Waals surface area contributed by atoms with Crippen molar-refractivity contribution >= 4 is 142 Å². The first kappa shape index (κ1) is 100. The highest BCUT2D eigenvalue weighted by Gasteiger charge is 2.38. The van der Waals surface area contributed by atoms with Gasteiger partial charge in [-0.3, -0.25) is 110 Å². The first-order valence-electron chi connectivity index (χ1n) is 35.3. The first-order valence-corrected chi connectivity index (χ1v) is 35.3. The molecule has 0 heterocycles. The quantitative estimate of drug-likeness (QED) is 0.0269. The van der Waals surface area contributed by atoms with Crippen molar-refractivity contribution in [3.05, 3.63) is 0 Å². The van der Waals surface area contributed by atoms with Crippen LogP contribution in [0, 0.1) is 0 Å². The number of carboxylic acids is 1. The predicted octanol–water partition coefficient (Wildman–Crippen LogP) is -14.0. The topological polar surface area (TPSA) is 845 Å². The van der Waals surface area contributed by atoms with E-state index in [2.05, 4.69) is 79.8 Å². The van der Waals surface area contributed by atoms with Crippen molar-refractivity contribution in [3.8, 4) is 0 Å². The summed E-state index contributed by atoms with van der Waals surface area (Å²) in [5.41, 5.74) is 48.7. The Balaban J connectivity index is 7.70. The Morgan fingerprint density at radius 2 is 0.327 bits per heavy atom. The minimum absolute atomic E-state index is 0.288. The first-order chi connectivity index (χ1) is 52.9. The predicted molar refractivity (Wildman–Crippen MR) is 387 cm³/mol. The molecule has 0 fully saturated rings. The standard InChI is InChI=1S/C64H106N24O25/c1-74-49(97)25-13-37(85-54(102)30(6-18-42(67)90)78-53(101)29(65)5-17-41(66)89)60(108)81-31(7-19-43(68)91)55(103)79-34(10-22-46(71)94)58(106)86-38(14-26-50(98)75-2)61(109)82-32(8-20-44(69)92)56(104)80-35(11-23-47(72)95)59(107)87-39(15-27-51(99)76-3)62(110)83-33(9-21-45(70)93)57(105)84-36(12-24-48(73)96)63(111)88-40(64(112)113)16-28-52(100)77-4/h29-40H,5-28,65H2,1-4H3,(H2,66,89)(H2,67,90)(H2,68,91)(H2,69,92)(H2,70,93)(H2,71,94)(H2,72,95)(H2,73,96)(H,74,97)(H,75,98)(H,76,99)(H,77,100)(H,78,101)(H,79,103)(H,80,104)(H,81,108)(H,82,109)(H,83,110)(H,84,105)(H,85,102)(H,86,106)(H,87,107)(H,88,111)(H,112,113). The van der Waals surface area contributed by atoms with Crippen LogP contribution in [0.4, 0.5) is 0 Å². The number of carboxylic acid groups (broad SMARTS) is 1. The zero-order chi connectivity index (χ0) is 86.4. The van der Waals surface area contributed by atoms with Gasteiger partial charge in [0, 0.05) is 105 Å². The molecule has 0 saturated carbocycles. The van der Waals surface area contributed by atoms with E-state index in [0.717, 1.165) is 0 Å². The van der Waals surface area contributed by atoms with Crippen molar-refractivity contribution in [1.29, 1.82) is 0 Å². The van der Waals surface area contributed by atoms with E-state index in [0.29, 0.717) is 0 Å². The second-order valence-electron chi connectivity index (χ2n) is 25.5. The summed E-state index contributed by atoms with van der Waals surface area (Å²) in [5, 5.41) is 43.7. The maximum atomic E-state index is 14.6. The van der Waals surface area contributed by atoms with Crippen LogP contribution in [0.25, 0.3) is 0 Å². The van der Waals surface area contributed by atoms with E-state index in [1.54, 1.807) is 0 Å². The molecule has 12 unspecified atom stereocenters. The van der Waals surface area contributed by atoms with Crippen LogP contribution in [0.2, 0.25) is 0 Å². The van der Waals surface area contributed by atoms with Gasteiger partial charge in [-0.15, -0.1) is 0 Å². The number of nitrogens with two attached hydrogens (primary N) is 9. The van der Waals surface area contributed by atoms with Crippen LogP contribution in [-0.4, -0.2) is 248 Å². The summed E-state index contributed by atoms with van der Waals surface area (Å²) in [6.45, 7) is 0. The normalized spacial score (nSPS) is 13.9. The van der Waals surface area contributed by atoms with Gasteiger partial charge in [0.05, 0.1) is 6.04 Å². The molecule has 34 N–H and O–H groups in total. The molecule has 49 heteroatoms. The number of hydrogen-bond donors (Lipinski definition) is 25. The highest BCUT2D eigenvalue weighted by Crippen LogP contribution is 2.13. The van der Waals surface area contributed by atoms with Crippen LogP contribution >= 0.6 is 0 Å². The van der Waals surface area contributed by atoms with Gasteiger partial charge in [-0.2, -0.15) is 0 Å². The lowest BCUT2D eigenvalue weighted by Gasteiger charge is -2.28. The number of rotatable bonds is 59. The molecule has 0 saturated heterocycles. The Bertz CT molecular complexity index is 3470. The molecular weight excluding hydrogens is 1500 g/mol. The van der Waals surface area contributed by atoms with Gasteiger partial charge in [0.25, 0.3) is 0 Å². The van der Waals surface area contributed by atoms with Gasteiger partial charge in [0.15, 0.2) is 0 Å². The molecule has 0 aliphatic rings. The molecule has 0 aliphatic heterocycles. The number of hydrogen-bond acceptors (Lipinski definition) is 25. The van der Waals surface area contributed by atoms with E-state index in [-0.39, 0.29) is 12.8 Å². The zero-order valence-corrected chi connectivity index (χ0v) is 62.8. The van der Waals surface area contributed by atoms with Crippen molar-refractivity contribution in [2.75, 3.05) is 28.2 Å². The number of nitrogens with one attached hydrogen (secondary N) is 15. The monoisotopic (exact) mass is 1610 g/mol. The second-order valence-corrected chi connectivity index (χ2v) is 25.5. The largest absolute Gasteiger partial charge is 0.480 e. The summed E-state index contributed by atoms with van der Waals surface area (Å²) in [5.74, 6) is -26.7. The van der Waals surface area contributed by atoms with E-state index < -0.39 is 356 Å². The molecule has 632 valence electrons. The maximum absolute atomic E-state index is 14.6. The molecule has 0 aliphatic carbocycles. The van der Waals surface area contributed by atoms with E-state index in [1.165, 1.54) is 28.2 Å². The van der Waals surface area contributed by atoms with Crippen molar-refractivity contribution in [2.24, 2.45) is 51.6 Å². The van der Waals surface area contributed by atoms with E-state index in [1.807, 2.05) is 0 Å². The number of carbonyl (C=O) groups is 24. The maximum Gasteiger partial charge on any atom is 0.326 e. The number of aliphatic carboxylic acids is 1. The Morgan fingerprint density at radius 1 is 0.204 bits per heavy atom. The third-order valence-electron chi connectivity index (χ3n) is 16.5. The summed E-state index contributed by atoms with van der Waals surface area (Å²) in [7, 11) is 4.87. The molecule has 12 atom stereocenters. The highest BCUT2D eigenvalue weighted by atomic mass is 16.4. The van der Waals surface area contributed by atoms with Crippen LogP contribution in [0.3, 0.4) is 0 Å². The van der Waals surface area contributed by atoms with E-state index >= 15 is 0 Å². The lowest BCUT2D eigenvalue weighted by molar-refractivity contribution is -0.143. The fourth-order valence-corrected chi connectivity index (χ4v) is 9.98. The van der Waals surface area contributed by atoms with Gasteiger partial charge in [0.1, 0.15) is 66.5 Å². The fourth-order valence-electron chi connectivity index (χ4n) is 9.98. The molecule has 0 rings (SSSR count). The Labute approximate surface area is 646 Å². The summed E-state index contributed by atoms with van der Waals surface area (Å²) < 4.78 is 0. The molecule has 49 nitrogen and oxygen atoms in total. The van der Waals surface area contributed by atoms with Crippen LogP contribution in [0.15, 0.2) is 0 Å². The van der Waals surface area contributed by atoms with Crippen molar-refractivity contribution < 1.29 is 120 Å². The van der Waals surface area contributed by atoms with Gasteiger partial charge in [-0.25, -0.2) is 4.79 Å². The second kappa shape index (κ2) is 53.1. The molecule has 0 bridgehead atoms. The number of amides is 23.